The fraction of sp³-hybridized carbons (Fsp3) is 0. The van der Waals surface area contributed by atoms with Crippen LogP contribution in [-0.2, 0) is 7.58 Å². The van der Waals surface area contributed by atoms with Crippen LogP contribution in [0.3, 0.4) is 0 Å². The Kier molecular flexibility index (Phi) is 78.1. The van der Waals surface area contributed by atoms with Gasteiger partial charge in [-0.1, -0.05) is 0 Å². The standard InChI is InChI=1S/3ClH.H3O4P.O.2Sb.3H/c;;;1-5(2,3)4;;;;;;/h3*1H;(H3,1,2,3,4);;;;;;. The summed E-state index contributed by atoms with van der Waals surface area (Å²) in [5, 5.41) is 0. The van der Waals surface area contributed by atoms with Crippen molar-refractivity contribution < 1.29 is 22.3 Å². The Morgan fingerprint density at radius 2 is 0.909 bits per heavy atom. The molecule has 75 valence electrons. The molecule has 0 saturated heterocycles. The van der Waals surface area contributed by atoms with E-state index in [1.165, 1.54) is 0 Å². The molecule has 11 heteroatoms. The third-order valence-electron chi connectivity index (χ3n) is 0. The monoisotopic (exact) mass is 467 g/mol. The molecule has 3 N–H and O–H groups in total. The fourth-order valence-electron chi connectivity index (χ4n) is 0. The number of hydrogen-bond donors (Lipinski definition) is 3. The molecular formula is H9Cl3O5PSb2. The number of rotatable bonds is 0. The third kappa shape index (κ3) is 231. The number of halogens is 3. The van der Waals surface area contributed by atoms with Gasteiger partial charge in [-0.05, 0) is 0 Å². The van der Waals surface area contributed by atoms with Crippen molar-refractivity contribution in [3.05, 3.63) is 0 Å². The van der Waals surface area contributed by atoms with Crippen molar-refractivity contribution in [1.82, 2.24) is 0 Å². The van der Waals surface area contributed by atoms with Gasteiger partial charge in [0.25, 0.3) is 0 Å². The van der Waals surface area contributed by atoms with Gasteiger partial charge in [-0.25, -0.2) is 4.57 Å². The molecule has 0 rings (SSSR count). The van der Waals surface area contributed by atoms with Crippen molar-refractivity contribution in [2.24, 2.45) is 0 Å². The molecule has 0 aliphatic heterocycles. The van der Waals surface area contributed by atoms with Crippen molar-refractivity contribution >= 4 is 92.5 Å². The molecule has 0 atom stereocenters. The van der Waals surface area contributed by atoms with Crippen LogP contribution in [0, 0.1) is 0 Å². The summed E-state index contributed by atoms with van der Waals surface area (Å²) in [6, 6.07) is 0. The van der Waals surface area contributed by atoms with Crippen LogP contribution < -0.4 is 0 Å². The SMILES string of the molecule is Cl.Cl.Cl.O=P(O)(O)O.[O]=[Sb].[SbH3]. The molecule has 0 aliphatic carbocycles. The molecule has 0 amide bonds. The second-order valence-corrected chi connectivity index (χ2v) is 1.54. The summed E-state index contributed by atoms with van der Waals surface area (Å²) >= 11 is 0.500. The molecule has 0 aromatic carbocycles. The van der Waals surface area contributed by atoms with Crippen molar-refractivity contribution in [3.8, 4) is 0 Å². The van der Waals surface area contributed by atoms with E-state index in [1.54, 1.807) is 0 Å². The van der Waals surface area contributed by atoms with Gasteiger partial charge in [-0.15, -0.1) is 37.2 Å². The van der Waals surface area contributed by atoms with Gasteiger partial charge in [0.2, 0.25) is 0 Å². The molecule has 0 heterocycles. The molecule has 0 aromatic heterocycles. The molecule has 5 nitrogen and oxygen atoms in total. The van der Waals surface area contributed by atoms with E-state index in [9.17, 15) is 0 Å². The van der Waals surface area contributed by atoms with Gasteiger partial charge in [-0.2, -0.15) is 0 Å². The van der Waals surface area contributed by atoms with E-state index in [1.807, 2.05) is 0 Å². The minimum absolute atomic E-state index is 0. The maximum atomic E-state index is 8.88. The van der Waals surface area contributed by atoms with Crippen LogP contribution in [0.15, 0.2) is 0 Å². The second kappa shape index (κ2) is 22.8. The van der Waals surface area contributed by atoms with Gasteiger partial charge < -0.3 is 14.7 Å². The zero-order chi connectivity index (χ0) is 6.50. The summed E-state index contributed by atoms with van der Waals surface area (Å²) in [4.78, 5) is 21.6. The average molecular weight is 470 g/mol. The predicted molar refractivity (Wildman–Crippen MR) is 52.4 cm³/mol. The molecule has 11 heavy (non-hydrogen) atoms. The summed E-state index contributed by atoms with van der Waals surface area (Å²) in [5.74, 6) is 0. The second-order valence-electron chi connectivity index (χ2n) is 0.513. The first-order valence-electron chi connectivity index (χ1n) is 0.965. The molecule has 0 saturated carbocycles. The number of hydrogen-bond acceptors (Lipinski definition) is 2. The third-order valence-corrected chi connectivity index (χ3v) is 0. The van der Waals surface area contributed by atoms with Crippen molar-refractivity contribution in [2.75, 3.05) is 0 Å². The summed E-state index contributed by atoms with van der Waals surface area (Å²) in [7, 11) is -4.64. The first-order valence-corrected chi connectivity index (χ1v) is 3.57. The van der Waals surface area contributed by atoms with E-state index in [0.29, 0.717) is 23.0 Å². The van der Waals surface area contributed by atoms with Crippen LogP contribution in [0.1, 0.15) is 0 Å². The van der Waals surface area contributed by atoms with E-state index < -0.39 is 7.82 Å². The summed E-state index contributed by atoms with van der Waals surface area (Å²) < 4.78 is 17.2. The summed E-state index contributed by atoms with van der Waals surface area (Å²) in [6.07, 6.45) is 0. The molecule has 0 bridgehead atoms. The average Bonchev–Trinajstić information content (AvgIpc) is 1.36. The quantitative estimate of drug-likeness (QED) is 0.301. The van der Waals surface area contributed by atoms with Crippen LogP contribution in [-0.4, -0.2) is 62.1 Å². The molecule has 0 unspecified atom stereocenters. The molecular weight excluding hydrogens is 461 g/mol. The van der Waals surface area contributed by atoms with Crippen molar-refractivity contribution in [3.63, 3.8) is 0 Å². The van der Waals surface area contributed by atoms with Gasteiger partial charge in [0.1, 0.15) is 0 Å². The Morgan fingerprint density at radius 3 is 0.909 bits per heavy atom. The Balaban J connectivity index is -0.00000000972. The van der Waals surface area contributed by atoms with Crippen LogP contribution in [0.25, 0.3) is 0 Å². The van der Waals surface area contributed by atoms with Gasteiger partial charge in [0.05, 0.1) is 0 Å². The molecule has 0 fully saturated rings. The van der Waals surface area contributed by atoms with Crippen LogP contribution in [0.2, 0.25) is 0 Å². The first kappa shape index (κ1) is 37.6. The van der Waals surface area contributed by atoms with Crippen molar-refractivity contribution in [1.29, 1.82) is 0 Å². The molecule has 0 aliphatic rings. The van der Waals surface area contributed by atoms with E-state index in [0.717, 1.165) is 0 Å². The van der Waals surface area contributed by atoms with Crippen molar-refractivity contribution in [2.45, 2.75) is 0 Å². The topological polar surface area (TPSA) is 94.8 Å². The molecule has 1 radical (unpaired) electrons. The summed E-state index contributed by atoms with van der Waals surface area (Å²) in [5.41, 5.74) is 0. The number of phosphoric acid groups is 1. The zero-order valence-corrected chi connectivity index (χ0v) is 14.9. The van der Waals surface area contributed by atoms with Gasteiger partial charge >= 0.3 is 58.3 Å². The Morgan fingerprint density at radius 1 is 0.909 bits per heavy atom. The van der Waals surface area contributed by atoms with Crippen LogP contribution >= 0.6 is 45.0 Å². The minimum atomic E-state index is -4.64. The Labute approximate surface area is 114 Å². The van der Waals surface area contributed by atoms with E-state index >= 15 is 0 Å². The normalized spacial score (nSPS) is 5.73. The zero-order valence-electron chi connectivity index (χ0n) is 4.98. The van der Waals surface area contributed by atoms with Gasteiger partial charge in [0, 0.05) is 0 Å². The molecule has 0 spiro atoms. The predicted octanol–water partition coefficient (Wildman–Crippen LogP) is -1.35. The van der Waals surface area contributed by atoms with E-state index in [-0.39, 0.29) is 61.6 Å². The van der Waals surface area contributed by atoms with Crippen LogP contribution in [0.5, 0.6) is 0 Å². The molecule has 0 aromatic rings. The maximum absolute atomic E-state index is 8.88. The Hall–Kier alpha value is 2.42. The van der Waals surface area contributed by atoms with Gasteiger partial charge in [0.15, 0.2) is 0 Å². The van der Waals surface area contributed by atoms with E-state index in [4.69, 9.17) is 22.3 Å². The van der Waals surface area contributed by atoms with E-state index in [2.05, 4.69) is 0 Å². The summed E-state index contributed by atoms with van der Waals surface area (Å²) in [6.45, 7) is 0. The van der Waals surface area contributed by atoms with Crippen LogP contribution in [0.4, 0.5) is 0 Å². The van der Waals surface area contributed by atoms with Gasteiger partial charge in [-0.3, -0.25) is 0 Å². The Bertz CT molecular complexity index is 75.5. The first-order chi connectivity index (χ1) is 3.00. The fourth-order valence-corrected chi connectivity index (χ4v) is 0.